The summed E-state index contributed by atoms with van der Waals surface area (Å²) in [6.45, 7) is 16.6. The van der Waals surface area contributed by atoms with E-state index in [0.717, 1.165) is 41.7 Å². The number of thiol groups is 1. The van der Waals surface area contributed by atoms with E-state index in [2.05, 4.69) is 31.8 Å². The van der Waals surface area contributed by atoms with E-state index in [1.807, 2.05) is 49.3 Å². The van der Waals surface area contributed by atoms with Crippen molar-refractivity contribution in [2.75, 3.05) is 47.7 Å². The third kappa shape index (κ3) is 20.2. The van der Waals surface area contributed by atoms with E-state index in [-0.39, 0.29) is 28.3 Å². The molecule has 38 heavy (non-hydrogen) atoms. The molecule has 0 aromatic carbocycles. The van der Waals surface area contributed by atoms with Gasteiger partial charge in [0.2, 0.25) is 5.91 Å². The Bertz CT molecular complexity index is 701. The van der Waals surface area contributed by atoms with Gasteiger partial charge in [-0.3, -0.25) is 14.4 Å². The summed E-state index contributed by atoms with van der Waals surface area (Å²) in [4.78, 5) is 36.5. The van der Waals surface area contributed by atoms with Crippen molar-refractivity contribution in [3.8, 4) is 0 Å². The molecule has 0 spiro atoms. The number of ketones is 1. The summed E-state index contributed by atoms with van der Waals surface area (Å²) in [7, 11) is 3.67. The Balaban J connectivity index is 4.12. The molecule has 0 saturated heterocycles. The predicted molar refractivity (Wildman–Crippen MR) is 174 cm³/mol. The van der Waals surface area contributed by atoms with Gasteiger partial charge in [0.1, 0.15) is 11.2 Å². The van der Waals surface area contributed by atoms with Crippen LogP contribution >= 0.6 is 57.7 Å². The molecule has 1 N–H and O–H groups in total. The summed E-state index contributed by atoms with van der Waals surface area (Å²) >= 11 is 7.69. The SMILES string of the molecule is CC(C)C(=O)NCCCSSCC(C)(C)SCCC(=O)OC(C)(C)CCOC(C)(C)C(=O)CCSCCS. The van der Waals surface area contributed by atoms with Gasteiger partial charge in [0.15, 0.2) is 5.78 Å². The molecule has 0 heterocycles. The van der Waals surface area contributed by atoms with E-state index < -0.39 is 11.2 Å². The van der Waals surface area contributed by atoms with Gasteiger partial charge in [0.25, 0.3) is 0 Å². The average molecular weight is 630 g/mol. The lowest BCUT2D eigenvalue weighted by Crippen LogP contribution is -2.38. The number of thioether (sulfide) groups is 2. The van der Waals surface area contributed by atoms with Crippen LogP contribution in [-0.4, -0.2) is 81.3 Å². The van der Waals surface area contributed by atoms with Gasteiger partial charge in [-0.15, -0.1) is 0 Å². The van der Waals surface area contributed by atoms with E-state index in [1.54, 1.807) is 37.4 Å². The highest BCUT2D eigenvalue weighted by atomic mass is 33.1. The summed E-state index contributed by atoms with van der Waals surface area (Å²) < 4.78 is 11.7. The number of nitrogens with one attached hydrogen (secondary N) is 1. The third-order valence-electron chi connectivity index (χ3n) is 5.45. The molecule has 0 unspecified atom stereocenters. The van der Waals surface area contributed by atoms with Crippen molar-refractivity contribution in [3.63, 3.8) is 0 Å². The van der Waals surface area contributed by atoms with Crippen LogP contribution in [0.5, 0.6) is 0 Å². The molecular formula is C27H51NO5S5. The van der Waals surface area contributed by atoms with Crippen LogP contribution in [0.3, 0.4) is 0 Å². The van der Waals surface area contributed by atoms with Gasteiger partial charge in [-0.05, 0) is 53.7 Å². The number of amides is 1. The molecule has 0 radical (unpaired) electrons. The fourth-order valence-corrected chi connectivity index (χ4v) is 8.11. The zero-order valence-electron chi connectivity index (χ0n) is 24.7. The molecule has 0 aliphatic rings. The minimum absolute atomic E-state index is 0.0314. The second kappa shape index (κ2) is 20.2. The van der Waals surface area contributed by atoms with Crippen LogP contribution in [0, 0.1) is 5.92 Å². The first kappa shape index (κ1) is 38.3. The van der Waals surface area contributed by atoms with Crippen LogP contribution in [0.2, 0.25) is 0 Å². The fraction of sp³-hybridized carbons (Fsp3) is 0.889. The predicted octanol–water partition coefficient (Wildman–Crippen LogP) is 6.56. The highest BCUT2D eigenvalue weighted by Gasteiger charge is 2.30. The number of hydrogen-bond acceptors (Lipinski definition) is 10. The van der Waals surface area contributed by atoms with E-state index in [1.165, 1.54) is 0 Å². The van der Waals surface area contributed by atoms with Crippen molar-refractivity contribution in [1.29, 1.82) is 0 Å². The average Bonchev–Trinajstić information content (AvgIpc) is 2.79. The van der Waals surface area contributed by atoms with E-state index in [0.29, 0.717) is 31.6 Å². The maximum absolute atomic E-state index is 12.5. The zero-order chi connectivity index (χ0) is 29.2. The standard InChI is InChI=1S/C27H51NO5S5/c1-21(2)24(31)28-13-9-16-37-38-20-26(5,6)36-18-11-23(30)33-25(3,4)12-14-32-27(7,8)22(29)10-17-35-19-15-34/h21,34H,9-20H2,1-8H3,(H,28,31). The van der Waals surface area contributed by atoms with Crippen LogP contribution < -0.4 is 5.32 Å². The molecule has 0 atom stereocenters. The summed E-state index contributed by atoms with van der Waals surface area (Å²) in [6.07, 6.45) is 2.32. The molecule has 0 rings (SSSR count). The Kier molecular flexibility index (Phi) is 20.4. The van der Waals surface area contributed by atoms with Crippen LogP contribution in [0.1, 0.15) is 81.1 Å². The van der Waals surface area contributed by atoms with E-state index in [9.17, 15) is 14.4 Å². The van der Waals surface area contributed by atoms with Crippen molar-refractivity contribution in [2.45, 2.75) is 97.0 Å². The first-order valence-corrected chi connectivity index (χ1v) is 18.6. The van der Waals surface area contributed by atoms with Gasteiger partial charge in [-0.25, -0.2) is 0 Å². The maximum Gasteiger partial charge on any atom is 0.307 e. The molecular weight excluding hydrogens is 579 g/mol. The molecule has 0 saturated carbocycles. The molecule has 0 aromatic heterocycles. The molecule has 0 bridgehead atoms. The van der Waals surface area contributed by atoms with Gasteiger partial charge in [-0.2, -0.15) is 36.2 Å². The Morgan fingerprint density at radius 3 is 2.24 bits per heavy atom. The number of ether oxygens (including phenoxy) is 2. The largest absolute Gasteiger partial charge is 0.460 e. The summed E-state index contributed by atoms with van der Waals surface area (Å²) in [6, 6.07) is 0. The number of hydrogen-bond donors (Lipinski definition) is 2. The third-order valence-corrected chi connectivity index (χ3v) is 11.3. The summed E-state index contributed by atoms with van der Waals surface area (Å²) in [5.41, 5.74) is -1.50. The van der Waals surface area contributed by atoms with Gasteiger partial charge >= 0.3 is 5.97 Å². The monoisotopic (exact) mass is 629 g/mol. The minimum atomic E-state index is -0.843. The molecule has 0 aromatic rings. The molecule has 6 nitrogen and oxygen atoms in total. The lowest BCUT2D eigenvalue weighted by atomic mass is 10.0. The van der Waals surface area contributed by atoms with Gasteiger partial charge in [0, 0.05) is 58.8 Å². The van der Waals surface area contributed by atoms with Gasteiger partial charge in [0.05, 0.1) is 13.0 Å². The molecule has 0 aliphatic carbocycles. The number of rotatable bonds is 23. The second-order valence-electron chi connectivity index (χ2n) is 11.1. The maximum atomic E-state index is 12.5. The molecule has 11 heteroatoms. The minimum Gasteiger partial charge on any atom is -0.460 e. The fourth-order valence-electron chi connectivity index (χ4n) is 2.92. The van der Waals surface area contributed by atoms with Crippen molar-refractivity contribution in [2.24, 2.45) is 5.92 Å². The van der Waals surface area contributed by atoms with Crippen molar-refractivity contribution < 1.29 is 23.9 Å². The Hall–Kier alpha value is 0.320. The van der Waals surface area contributed by atoms with Crippen molar-refractivity contribution >= 4 is 75.4 Å². The number of esters is 1. The van der Waals surface area contributed by atoms with Crippen LogP contribution in [0.4, 0.5) is 0 Å². The zero-order valence-corrected chi connectivity index (χ0v) is 28.8. The smallest absolute Gasteiger partial charge is 0.307 e. The van der Waals surface area contributed by atoms with Crippen LogP contribution in [-0.2, 0) is 23.9 Å². The van der Waals surface area contributed by atoms with E-state index in [4.69, 9.17) is 9.47 Å². The Morgan fingerprint density at radius 2 is 1.61 bits per heavy atom. The van der Waals surface area contributed by atoms with Gasteiger partial charge < -0.3 is 14.8 Å². The van der Waals surface area contributed by atoms with E-state index >= 15 is 0 Å². The first-order chi connectivity index (χ1) is 17.6. The molecule has 1 amide bonds. The Labute approximate surface area is 254 Å². The number of carbonyl (C=O) groups is 3. The van der Waals surface area contributed by atoms with Gasteiger partial charge in [-0.1, -0.05) is 35.4 Å². The summed E-state index contributed by atoms with van der Waals surface area (Å²) in [5.74, 6) is 5.22. The highest BCUT2D eigenvalue weighted by molar-refractivity contribution is 8.76. The first-order valence-electron chi connectivity index (χ1n) is 13.4. The second-order valence-corrected chi connectivity index (χ2v) is 17.1. The lowest BCUT2D eigenvalue weighted by Gasteiger charge is -2.29. The molecule has 0 fully saturated rings. The quantitative estimate of drug-likeness (QED) is 0.0565. The van der Waals surface area contributed by atoms with Crippen LogP contribution in [0.15, 0.2) is 0 Å². The van der Waals surface area contributed by atoms with Crippen molar-refractivity contribution in [1.82, 2.24) is 5.32 Å². The molecule has 0 aliphatic heterocycles. The topological polar surface area (TPSA) is 81.7 Å². The lowest BCUT2D eigenvalue weighted by molar-refractivity contribution is -0.160. The summed E-state index contributed by atoms with van der Waals surface area (Å²) in [5, 5.41) is 2.94. The molecule has 224 valence electrons. The van der Waals surface area contributed by atoms with Crippen LogP contribution in [0.25, 0.3) is 0 Å². The number of carbonyl (C=O) groups excluding carboxylic acids is 3. The van der Waals surface area contributed by atoms with Crippen molar-refractivity contribution in [3.05, 3.63) is 0 Å². The number of Topliss-reactive ketones (excluding diaryl/α,β-unsaturated/α-hetero) is 1. The highest BCUT2D eigenvalue weighted by Crippen LogP contribution is 2.34. The Morgan fingerprint density at radius 1 is 0.921 bits per heavy atom. The normalized spacial score (nSPS) is 12.6.